The van der Waals surface area contributed by atoms with Gasteiger partial charge in [0.1, 0.15) is 0 Å². The van der Waals surface area contributed by atoms with Crippen LogP contribution in [-0.2, 0) is 14.2 Å². The van der Waals surface area contributed by atoms with E-state index in [2.05, 4.69) is 13.8 Å². The van der Waals surface area contributed by atoms with E-state index < -0.39 is 0 Å². The van der Waals surface area contributed by atoms with E-state index in [0.29, 0.717) is 45.7 Å². The van der Waals surface area contributed by atoms with Gasteiger partial charge < -0.3 is 19.9 Å². The Morgan fingerprint density at radius 1 is 0.577 bits per heavy atom. The first-order valence-electron chi connectivity index (χ1n) is 11.3. The molecule has 0 aliphatic heterocycles. The van der Waals surface area contributed by atoms with Crippen LogP contribution in [-0.4, -0.2) is 45.7 Å². The summed E-state index contributed by atoms with van der Waals surface area (Å²) < 4.78 is 17.0. The van der Waals surface area contributed by atoms with Crippen molar-refractivity contribution in [2.45, 2.75) is 103 Å². The zero-order chi connectivity index (χ0) is 19.1. The molecule has 2 N–H and O–H groups in total. The number of nitrogens with two attached hydrogens (primary N) is 1. The molecular weight excluding hydrogens is 326 g/mol. The van der Waals surface area contributed by atoms with Gasteiger partial charge in [0.2, 0.25) is 0 Å². The van der Waals surface area contributed by atoms with E-state index in [1.54, 1.807) is 0 Å². The van der Waals surface area contributed by atoms with E-state index in [0.717, 1.165) is 0 Å². The van der Waals surface area contributed by atoms with E-state index in [9.17, 15) is 0 Å². The Kier molecular flexibility index (Phi) is 22.7. The maximum atomic E-state index is 6.12. The second-order valence-corrected chi connectivity index (χ2v) is 7.27. The van der Waals surface area contributed by atoms with Gasteiger partial charge in [-0.1, -0.05) is 84.5 Å². The van der Waals surface area contributed by atoms with Crippen LogP contribution in [0.4, 0.5) is 0 Å². The molecule has 0 aromatic heterocycles. The number of unbranched alkanes of at least 4 members (excludes halogenated alkanes) is 9. The van der Waals surface area contributed by atoms with Gasteiger partial charge in [-0.05, 0) is 12.8 Å². The van der Waals surface area contributed by atoms with Crippen molar-refractivity contribution in [1.29, 1.82) is 0 Å². The van der Waals surface area contributed by atoms with Crippen LogP contribution in [0.2, 0.25) is 0 Å². The highest BCUT2D eigenvalue weighted by Gasteiger charge is 2.09. The van der Waals surface area contributed by atoms with Crippen molar-refractivity contribution in [1.82, 2.24) is 0 Å². The third-order valence-electron chi connectivity index (χ3n) is 4.72. The third kappa shape index (κ3) is 20.2. The van der Waals surface area contributed by atoms with Crippen molar-refractivity contribution < 1.29 is 14.2 Å². The SMILES string of the molecule is CCCCCCCCC(CCCCCCC)OCCOCCOCCN. The summed E-state index contributed by atoms with van der Waals surface area (Å²) in [6.07, 6.45) is 17.6. The summed E-state index contributed by atoms with van der Waals surface area (Å²) in [5.74, 6) is 0. The molecule has 158 valence electrons. The molecule has 1 atom stereocenters. The minimum absolute atomic E-state index is 0.417. The lowest BCUT2D eigenvalue weighted by Crippen LogP contribution is -2.18. The van der Waals surface area contributed by atoms with E-state index >= 15 is 0 Å². The zero-order valence-corrected chi connectivity index (χ0v) is 17.8. The largest absolute Gasteiger partial charge is 0.378 e. The molecule has 26 heavy (non-hydrogen) atoms. The molecule has 0 radical (unpaired) electrons. The Morgan fingerprint density at radius 3 is 1.58 bits per heavy atom. The van der Waals surface area contributed by atoms with Crippen molar-refractivity contribution in [3.05, 3.63) is 0 Å². The van der Waals surface area contributed by atoms with Gasteiger partial charge in [0.25, 0.3) is 0 Å². The summed E-state index contributed by atoms with van der Waals surface area (Å²) in [6, 6.07) is 0. The predicted octanol–water partition coefficient (Wildman–Crippen LogP) is 5.47. The number of hydrogen-bond acceptors (Lipinski definition) is 4. The van der Waals surface area contributed by atoms with Gasteiger partial charge in [0.15, 0.2) is 0 Å². The number of hydrogen-bond donors (Lipinski definition) is 1. The molecule has 0 saturated carbocycles. The van der Waals surface area contributed by atoms with Crippen LogP contribution < -0.4 is 5.73 Å². The van der Waals surface area contributed by atoms with Crippen LogP contribution in [0.25, 0.3) is 0 Å². The highest BCUT2D eigenvalue weighted by Crippen LogP contribution is 2.16. The first kappa shape index (κ1) is 25.8. The van der Waals surface area contributed by atoms with Gasteiger partial charge in [-0.3, -0.25) is 0 Å². The lowest BCUT2D eigenvalue weighted by molar-refractivity contribution is -0.0168. The molecule has 0 saturated heterocycles. The van der Waals surface area contributed by atoms with E-state index in [1.807, 2.05) is 0 Å². The highest BCUT2D eigenvalue weighted by atomic mass is 16.5. The van der Waals surface area contributed by atoms with Crippen LogP contribution in [0.1, 0.15) is 97.3 Å². The van der Waals surface area contributed by atoms with Gasteiger partial charge in [0, 0.05) is 6.54 Å². The molecule has 0 aliphatic rings. The average Bonchev–Trinajstić information content (AvgIpc) is 2.65. The standard InChI is InChI=1S/C22H47NO3/c1-3-5-7-9-11-13-15-22(14-12-10-8-6-4-2)26-21-20-25-19-18-24-17-16-23/h22H,3-21,23H2,1-2H3. The summed E-state index contributed by atoms with van der Waals surface area (Å²) in [7, 11) is 0. The fourth-order valence-electron chi connectivity index (χ4n) is 3.12. The van der Waals surface area contributed by atoms with Crippen molar-refractivity contribution in [3.8, 4) is 0 Å². The van der Waals surface area contributed by atoms with Gasteiger partial charge >= 0.3 is 0 Å². The molecule has 4 heteroatoms. The first-order chi connectivity index (χ1) is 12.8. The first-order valence-corrected chi connectivity index (χ1v) is 11.3. The minimum Gasteiger partial charge on any atom is -0.378 e. The lowest BCUT2D eigenvalue weighted by Gasteiger charge is -2.18. The molecule has 0 heterocycles. The van der Waals surface area contributed by atoms with E-state index in [-0.39, 0.29) is 0 Å². The second kappa shape index (κ2) is 22.9. The number of rotatable bonds is 22. The van der Waals surface area contributed by atoms with Crippen LogP contribution in [0, 0.1) is 0 Å². The quantitative estimate of drug-likeness (QED) is 0.255. The second-order valence-electron chi connectivity index (χ2n) is 7.27. The topological polar surface area (TPSA) is 53.7 Å². The molecule has 0 aromatic carbocycles. The minimum atomic E-state index is 0.417. The maximum Gasteiger partial charge on any atom is 0.0704 e. The molecule has 0 spiro atoms. The monoisotopic (exact) mass is 373 g/mol. The Labute approximate surface area is 163 Å². The molecule has 0 amide bonds. The molecule has 0 fully saturated rings. The molecule has 0 rings (SSSR count). The van der Waals surface area contributed by atoms with Crippen LogP contribution >= 0.6 is 0 Å². The molecule has 0 aromatic rings. The third-order valence-corrected chi connectivity index (χ3v) is 4.72. The van der Waals surface area contributed by atoms with Gasteiger partial charge in [-0.25, -0.2) is 0 Å². The van der Waals surface area contributed by atoms with Gasteiger partial charge in [-0.15, -0.1) is 0 Å². The summed E-state index contributed by atoms with van der Waals surface area (Å²) in [5, 5.41) is 0. The van der Waals surface area contributed by atoms with Crippen molar-refractivity contribution in [2.24, 2.45) is 5.73 Å². The molecule has 0 bridgehead atoms. The summed E-state index contributed by atoms with van der Waals surface area (Å²) >= 11 is 0. The summed E-state index contributed by atoms with van der Waals surface area (Å²) in [5.41, 5.74) is 5.38. The van der Waals surface area contributed by atoms with Gasteiger partial charge in [0.05, 0.1) is 39.1 Å². The zero-order valence-electron chi connectivity index (χ0n) is 17.8. The lowest BCUT2D eigenvalue weighted by atomic mass is 10.0. The normalized spacial score (nSPS) is 12.6. The highest BCUT2D eigenvalue weighted by molar-refractivity contribution is 4.60. The Morgan fingerprint density at radius 2 is 1.04 bits per heavy atom. The fourth-order valence-corrected chi connectivity index (χ4v) is 3.12. The number of ether oxygens (including phenoxy) is 3. The van der Waals surface area contributed by atoms with Gasteiger partial charge in [-0.2, -0.15) is 0 Å². The van der Waals surface area contributed by atoms with Crippen molar-refractivity contribution in [2.75, 3.05) is 39.6 Å². The van der Waals surface area contributed by atoms with Crippen molar-refractivity contribution >= 4 is 0 Å². The van der Waals surface area contributed by atoms with Crippen LogP contribution in [0.5, 0.6) is 0 Å². The Hall–Kier alpha value is -0.160. The van der Waals surface area contributed by atoms with Crippen molar-refractivity contribution in [3.63, 3.8) is 0 Å². The van der Waals surface area contributed by atoms with E-state index in [4.69, 9.17) is 19.9 Å². The molecule has 0 aliphatic carbocycles. The van der Waals surface area contributed by atoms with Crippen LogP contribution in [0.3, 0.4) is 0 Å². The molecular formula is C22H47NO3. The smallest absolute Gasteiger partial charge is 0.0704 e. The molecule has 4 nitrogen and oxygen atoms in total. The Balaban J connectivity index is 3.74. The molecule has 1 unspecified atom stereocenters. The van der Waals surface area contributed by atoms with Crippen LogP contribution in [0.15, 0.2) is 0 Å². The maximum absolute atomic E-state index is 6.12. The predicted molar refractivity (Wildman–Crippen MR) is 112 cm³/mol. The average molecular weight is 374 g/mol. The summed E-state index contributed by atoms with van der Waals surface area (Å²) in [6.45, 7) is 8.33. The van der Waals surface area contributed by atoms with E-state index in [1.165, 1.54) is 83.5 Å². The summed E-state index contributed by atoms with van der Waals surface area (Å²) in [4.78, 5) is 0. The fraction of sp³-hybridized carbons (Fsp3) is 1.00. The Bertz CT molecular complexity index is 252.